The monoisotopic (exact) mass is 394 g/mol. The third-order valence-corrected chi connectivity index (χ3v) is 4.70. The van der Waals surface area contributed by atoms with Gasteiger partial charge in [-0.2, -0.15) is 0 Å². The number of nitrogens with one attached hydrogen (secondary N) is 2. The lowest BCUT2D eigenvalue weighted by molar-refractivity contribution is -0.114. The zero-order chi connectivity index (χ0) is 19.9. The Kier molecular flexibility index (Phi) is 6.89. The molecule has 2 aromatic rings. The minimum absolute atomic E-state index is 0.256. The summed E-state index contributed by atoms with van der Waals surface area (Å²) in [6, 6.07) is 11.5. The fourth-order valence-corrected chi connectivity index (χ4v) is 3.26. The third-order valence-electron chi connectivity index (χ3n) is 3.29. The number of halogens is 1. The number of anilines is 2. The molecule has 0 radical (unpaired) electrons. The molecule has 144 valence electrons. The van der Waals surface area contributed by atoms with Crippen LogP contribution >= 0.6 is 0 Å². The average Bonchev–Trinajstić information content (AvgIpc) is 2.57. The molecule has 0 aromatic heterocycles. The number of carbonyl (C=O) groups excluding carboxylic acids is 2. The van der Waals surface area contributed by atoms with Crippen LogP contribution in [-0.4, -0.2) is 38.3 Å². The molecule has 0 aliphatic carbocycles. The van der Waals surface area contributed by atoms with E-state index in [4.69, 9.17) is 4.74 Å². The number of carbonyl (C=O) groups is 2. The molecule has 2 N–H and O–H groups in total. The fourth-order valence-electron chi connectivity index (χ4n) is 2.22. The molecule has 2 rings (SSSR count). The summed E-state index contributed by atoms with van der Waals surface area (Å²) in [6.45, 7) is 2.16. The Balaban J connectivity index is 1.94. The first-order valence-corrected chi connectivity index (χ1v) is 9.89. The summed E-state index contributed by atoms with van der Waals surface area (Å²) < 4.78 is 42.4. The van der Waals surface area contributed by atoms with E-state index in [1.807, 2.05) is 0 Å². The van der Waals surface area contributed by atoms with E-state index in [2.05, 4.69) is 10.6 Å². The van der Waals surface area contributed by atoms with Crippen LogP contribution in [0, 0.1) is 5.82 Å². The van der Waals surface area contributed by atoms with E-state index in [1.54, 1.807) is 31.2 Å². The topological polar surface area (TPSA) is 102 Å². The van der Waals surface area contributed by atoms with Crippen LogP contribution in [0.4, 0.5) is 15.8 Å². The minimum Gasteiger partial charge on any atom is -0.492 e. The van der Waals surface area contributed by atoms with Gasteiger partial charge in [-0.1, -0.05) is 12.1 Å². The normalized spacial score (nSPS) is 10.9. The van der Waals surface area contributed by atoms with Gasteiger partial charge in [-0.05, 0) is 43.3 Å². The third kappa shape index (κ3) is 6.70. The van der Waals surface area contributed by atoms with E-state index in [1.165, 1.54) is 12.1 Å². The lowest BCUT2D eigenvalue weighted by Gasteiger charge is -2.11. The Bertz CT molecular complexity index is 914. The van der Waals surface area contributed by atoms with Crippen molar-refractivity contribution >= 4 is 33.0 Å². The first-order chi connectivity index (χ1) is 12.8. The molecule has 0 saturated carbocycles. The van der Waals surface area contributed by atoms with Crippen molar-refractivity contribution in [3.63, 3.8) is 0 Å². The Morgan fingerprint density at radius 3 is 2.19 bits per heavy atom. The number of benzene rings is 2. The average molecular weight is 394 g/mol. The quantitative estimate of drug-likeness (QED) is 0.715. The van der Waals surface area contributed by atoms with Crippen molar-refractivity contribution in [2.45, 2.75) is 6.92 Å². The molecule has 2 amide bonds. The summed E-state index contributed by atoms with van der Waals surface area (Å²) in [5.74, 6) is -3.39. The molecule has 0 spiro atoms. The second kappa shape index (κ2) is 9.13. The Hall–Kier alpha value is -2.94. The number of sulfone groups is 1. The summed E-state index contributed by atoms with van der Waals surface area (Å²) >= 11 is 0. The van der Waals surface area contributed by atoms with Crippen molar-refractivity contribution in [2.75, 3.05) is 28.7 Å². The van der Waals surface area contributed by atoms with Gasteiger partial charge < -0.3 is 15.4 Å². The fraction of sp³-hybridized carbons (Fsp3) is 0.222. The van der Waals surface area contributed by atoms with Crippen molar-refractivity contribution < 1.29 is 27.1 Å². The molecule has 0 aliphatic rings. The lowest BCUT2D eigenvalue weighted by Crippen LogP contribution is -2.30. The summed E-state index contributed by atoms with van der Waals surface area (Å²) in [4.78, 5) is 23.9. The van der Waals surface area contributed by atoms with Gasteiger partial charge in [0.15, 0.2) is 9.84 Å². The molecule has 9 heteroatoms. The van der Waals surface area contributed by atoms with Gasteiger partial charge >= 0.3 is 0 Å². The summed E-state index contributed by atoms with van der Waals surface area (Å²) in [5, 5.41) is 4.80. The van der Waals surface area contributed by atoms with Crippen molar-refractivity contribution in [3.8, 4) is 5.75 Å². The Morgan fingerprint density at radius 2 is 1.56 bits per heavy atom. The summed E-state index contributed by atoms with van der Waals surface area (Å²) in [6.07, 6.45) is 0. The van der Waals surface area contributed by atoms with E-state index >= 15 is 0 Å². The maximum absolute atomic E-state index is 12.8. The summed E-state index contributed by atoms with van der Waals surface area (Å²) in [5.41, 5.74) is 0.599. The van der Waals surface area contributed by atoms with E-state index in [9.17, 15) is 22.4 Å². The molecule has 0 saturated heterocycles. The van der Waals surface area contributed by atoms with Crippen molar-refractivity contribution in [2.24, 2.45) is 0 Å². The highest BCUT2D eigenvalue weighted by Gasteiger charge is 2.21. The number of hydrogen-bond acceptors (Lipinski definition) is 5. The molecular formula is C18H19FN2O5S. The molecule has 0 atom stereocenters. The molecule has 7 nitrogen and oxygen atoms in total. The first-order valence-electron chi connectivity index (χ1n) is 8.06. The van der Waals surface area contributed by atoms with Gasteiger partial charge in [-0.15, -0.1) is 0 Å². The highest BCUT2D eigenvalue weighted by atomic mass is 32.2. The molecular weight excluding hydrogens is 375 g/mol. The largest absolute Gasteiger partial charge is 0.492 e. The minimum atomic E-state index is -3.99. The van der Waals surface area contributed by atoms with Gasteiger partial charge in [0.05, 0.1) is 12.3 Å². The van der Waals surface area contributed by atoms with Crippen molar-refractivity contribution in [1.29, 1.82) is 0 Å². The predicted molar refractivity (Wildman–Crippen MR) is 99.9 cm³/mol. The van der Waals surface area contributed by atoms with Crippen LogP contribution in [0.5, 0.6) is 5.75 Å². The standard InChI is InChI=1S/C18H19FN2O5S/c1-2-26-16-6-4-3-5-15(16)21-18(23)12-27(24,25)11-17(22)20-14-9-7-13(19)8-10-14/h3-10H,2,11-12H2,1H3,(H,20,22)(H,21,23). The van der Waals surface area contributed by atoms with Crippen molar-refractivity contribution in [1.82, 2.24) is 0 Å². The molecule has 0 fully saturated rings. The number of amides is 2. The van der Waals surface area contributed by atoms with Crippen LogP contribution in [0.25, 0.3) is 0 Å². The first kappa shape index (κ1) is 20.4. The molecule has 0 unspecified atom stereocenters. The zero-order valence-electron chi connectivity index (χ0n) is 14.6. The van der Waals surface area contributed by atoms with E-state index in [0.717, 1.165) is 12.1 Å². The highest BCUT2D eigenvalue weighted by molar-refractivity contribution is 7.92. The van der Waals surface area contributed by atoms with E-state index < -0.39 is 39.0 Å². The summed E-state index contributed by atoms with van der Waals surface area (Å²) in [7, 11) is -3.99. The van der Waals surface area contributed by atoms with Crippen LogP contribution < -0.4 is 15.4 Å². The van der Waals surface area contributed by atoms with Gasteiger partial charge in [-0.25, -0.2) is 12.8 Å². The Labute approximate surface area is 156 Å². The molecule has 0 heterocycles. The molecule has 27 heavy (non-hydrogen) atoms. The van der Waals surface area contributed by atoms with Gasteiger partial charge in [0.2, 0.25) is 11.8 Å². The molecule has 0 bridgehead atoms. The van der Waals surface area contributed by atoms with Crippen LogP contribution in [0.15, 0.2) is 48.5 Å². The predicted octanol–water partition coefficient (Wildman–Crippen LogP) is 2.22. The highest BCUT2D eigenvalue weighted by Crippen LogP contribution is 2.23. The van der Waals surface area contributed by atoms with Gasteiger partial charge in [0, 0.05) is 5.69 Å². The maximum Gasteiger partial charge on any atom is 0.239 e. The lowest BCUT2D eigenvalue weighted by atomic mass is 10.3. The SMILES string of the molecule is CCOc1ccccc1NC(=O)CS(=O)(=O)CC(=O)Nc1ccc(F)cc1. The van der Waals surface area contributed by atoms with Crippen LogP contribution in [0.3, 0.4) is 0 Å². The number of ether oxygens (including phenoxy) is 1. The number of hydrogen-bond donors (Lipinski definition) is 2. The molecule has 0 aliphatic heterocycles. The van der Waals surface area contributed by atoms with E-state index in [0.29, 0.717) is 18.0 Å². The number of para-hydroxylation sites is 2. The smallest absolute Gasteiger partial charge is 0.239 e. The van der Waals surface area contributed by atoms with Gasteiger partial charge in [0.25, 0.3) is 0 Å². The van der Waals surface area contributed by atoms with Gasteiger partial charge in [0.1, 0.15) is 23.1 Å². The Morgan fingerprint density at radius 1 is 0.963 bits per heavy atom. The van der Waals surface area contributed by atoms with Crippen LogP contribution in [-0.2, 0) is 19.4 Å². The number of rotatable bonds is 8. The molecule has 2 aromatic carbocycles. The second-order valence-corrected chi connectivity index (χ2v) is 7.63. The van der Waals surface area contributed by atoms with Crippen LogP contribution in [0.1, 0.15) is 6.92 Å². The second-order valence-electron chi connectivity index (χ2n) is 5.56. The van der Waals surface area contributed by atoms with Crippen molar-refractivity contribution in [3.05, 3.63) is 54.3 Å². The van der Waals surface area contributed by atoms with Gasteiger partial charge in [-0.3, -0.25) is 9.59 Å². The zero-order valence-corrected chi connectivity index (χ0v) is 15.4. The maximum atomic E-state index is 12.8. The van der Waals surface area contributed by atoms with E-state index in [-0.39, 0.29) is 5.69 Å². The van der Waals surface area contributed by atoms with Crippen LogP contribution in [0.2, 0.25) is 0 Å².